The van der Waals surface area contributed by atoms with Crippen molar-refractivity contribution in [2.45, 2.75) is 79.1 Å². The van der Waals surface area contributed by atoms with Gasteiger partial charge < -0.3 is 25.8 Å². The molecule has 40 heavy (non-hydrogen) atoms. The van der Waals surface area contributed by atoms with Gasteiger partial charge in [0.25, 0.3) is 0 Å². The van der Waals surface area contributed by atoms with E-state index in [1.54, 1.807) is 38.2 Å². The van der Waals surface area contributed by atoms with Crippen LogP contribution in [-0.2, 0) is 23.9 Å². The molecule has 1 aliphatic heterocycles. The first-order valence-electron chi connectivity index (χ1n) is 13.2. The molecule has 1 rings (SSSR count). The Morgan fingerprint density at radius 3 is 2.45 bits per heavy atom. The minimum atomic E-state index is -0.895. The lowest BCUT2D eigenvalue weighted by atomic mass is 9.96. The Labute approximate surface area is 242 Å². The molecule has 0 aromatic rings. The van der Waals surface area contributed by atoms with Crippen molar-refractivity contribution in [3.63, 3.8) is 0 Å². The zero-order valence-corrected chi connectivity index (χ0v) is 24.9. The molecule has 0 saturated carbocycles. The number of primary amides is 1. The monoisotopic (exact) mass is 575 g/mol. The first-order valence-corrected chi connectivity index (χ1v) is 13.6. The summed E-state index contributed by atoms with van der Waals surface area (Å²) in [6.45, 7) is 11.0. The predicted molar refractivity (Wildman–Crippen MR) is 157 cm³/mol. The number of halogens is 1. The molecule has 9 nitrogen and oxygen atoms in total. The molecular formula is C30H42ClN3O6. The van der Waals surface area contributed by atoms with E-state index in [0.717, 1.165) is 5.57 Å². The van der Waals surface area contributed by atoms with Gasteiger partial charge in [0.1, 0.15) is 18.2 Å². The summed E-state index contributed by atoms with van der Waals surface area (Å²) in [4.78, 5) is 47.9. The van der Waals surface area contributed by atoms with E-state index in [-0.39, 0.29) is 29.8 Å². The summed E-state index contributed by atoms with van der Waals surface area (Å²) >= 11 is 5.83. The summed E-state index contributed by atoms with van der Waals surface area (Å²) in [6, 6.07) is -0.761. The molecular weight excluding hydrogens is 534 g/mol. The van der Waals surface area contributed by atoms with E-state index in [2.05, 4.69) is 10.6 Å². The standard InChI is InChI=1S/C30H42ClN3O6/c1-19(2)27(28(36)33-17-9-11-24(39-30(32)38)15-14-23(6)31)34-26(35)12-8-7-10-20(3)18-22(5)25-16-13-21(4)29(37)40-25/h7-10,12-14,17-19,22,24-25,27H,11,15-16H2,1-6H3,(H2,32,38)(H,33,36)(H,34,35)/b10-7-,12-8-,17-9-,20-18+,23-14+. The summed E-state index contributed by atoms with van der Waals surface area (Å²) in [5, 5.41) is 5.92. The molecule has 220 valence electrons. The lowest BCUT2D eigenvalue weighted by Gasteiger charge is -2.25. The fourth-order valence-electron chi connectivity index (χ4n) is 3.74. The van der Waals surface area contributed by atoms with Gasteiger partial charge in [-0.05, 0) is 32.9 Å². The van der Waals surface area contributed by atoms with E-state index in [1.165, 1.54) is 12.3 Å². The highest BCUT2D eigenvalue weighted by molar-refractivity contribution is 6.29. The number of esters is 1. The van der Waals surface area contributed by atoms with Crippen molar-refractivity contribution in [2.75, 3.05) is 0 Å². The number of hydrogen-bond acceptors (Lipinski definition) is 6. The molecule has 0 bridgehead atoms. The normalized spacial score (nSPS) is 18.9. The molecule has 0 spiro atoms. The van der Waals surface area contributed by atoms with Gasteiger partial charge in [-0.25, -0.2) is 9.59 Å². The average Bonchev–Trinajstić information content (AvgIpc) is 2.86. The highest BCUT2D eigenvalue weighted by Crippen LogP contribution is 2.22. The van der Waals surface area contributed by atoms with Gasteiger partial charge in [-0.3, -0.25) is 9.59 Å². The van der Waals surface area contributed by atoms with Gasteiger partial charge in [-0.1, -0.05) is 80.5 Å². The summed E-state index contributed by atoms with van der Waals surface area (Å²) in [6.07, 6.45) is 15.0. The first kappa shape index (κ1) is 34.4. The Bertz CT molecular complexity index is 1080. The lowest BCUT2D eigenvalue weighted by Crippen LogP contribution is -2.48. The molecule has 1 heterocycles. The second kappa shape index (κ2) is 17.9. The summed E-state index contributed by atoms with van der Waals surface area (Å²) in [5.41, 5.74) is 6.70. The molecule has 0 radical (unpaired) electrons. The van der Waals surface area contributed by atoms with Gasteiger partial charge >= 0.3 is 12.1 Å². The van der Waals surface area contributed by atoms with Gasteiger partial charge in [-0.15, -0.1) is 0 Å². The van der Waals surface area contributed by atoms with Crippen molar-refractivity contribution in [2.24, 2.45) is 17.6 Å². The minimum absolute atomic E-state index is 0.0397. The predicted octanol–water partition coefficient (Wildman–Crippen LogP) is 5.10. The molecule has 3 amide bonds. The topological polar surface area (TPSA) is 137 Å². The Kier molecular flexibility index (Phi) is 15.4. The van der Waals surface area contributed by atoms with Crippen LogP contribution in [0.2, 0.25) is 0 Å². The number of rotatable bonds is 14. The van der Waals surface area contributed by atoms with Crippen molar-refractivity contribution >= 4 is 35.5 Å². The van der Waals surface area contributed by atoms with Gasteiger partial charge in [0.05, 0.1) is 0 Å². The minimum Gasteiger partial charge on any atom is -0.458 e. The largest absolute Gasteiger partial charge is 0.458 e. The third-order valence-electron chi connectivity index (χ3n) is 6.00. The zero-order chi connectivity index (χ0) is 30.2. The second-order valence-corrected chi connectivity index (χ2v) is 10.6. The second-order valence-electron chi connectivity index (χ2n) is 10.0. The number of carbonyl (C=O) groups is 4. The van der Waals surface area contributed by atoms with Crippen LogP contribution in [0.25, 0.3) is 0 Å². The number of cyclic esters (lactones) is 1. The maximum absolute atomic E-state index is 12.7. The summed E-state index contributed by atoms with van der Waals surface area (Å²) < 4.78 is 10.5. The van der Waals surface area contributed by atoms with Gasteiger partial charge in [-0.2, -0.15) is 0 Å². The van der Waals surface area contributed by atoms with Crippen molar-refractivity contribution in [3.8, 4) is 0 Å². The van der Waals surface area contributed by atoms with Crippen molar-refractivity contribution in [3.05, 3.63) is 71.0 Å². The third kappa shape index (κ3) is 14.0. The molecule has 10 heteroatoms. The smallest absolute Gasteiger partial charge is 0.404 e. The average molecular weight is 576 g/mol. The van der Waals surface area contributed by atoms with Crippen LogP contribution in [0.1, 0.15) is 60.8 Å². The fourth-order valence-corrected chi connectivity index (χ4v) is 3.83. The van der Waals surface area contributed by atoms with Crippen LogP contribution in [0.15, 0.2) is 71.0 Å². The third-order valence-corrected chi connectivity index (χ3v) is 6.16. The van der Waals surface area contributed by atoms with Crippen molar-refractivity contribution in [1.82, 2.24) is 10.6 Å². The number of nitrogens with one attached hydrogen (secondary N) is 2. The number of ether oxygens (including phenoxy) is 2. The van der Waals surface area contributed by atoms with Crippen LogP contribution < -0.4 is 16.4 Å². The molecule has 1 aliphatic rings. The quantitative estimate of drug-likeness (QED) is 0.150. The molecule has 0 fully saturated rings. The van der Waals surface area contributed by atoms with Crippen LogP contribution >= 0.6 is 11.6 Å². The highest BCUT2D eigenvalue weighted by Gasteiger charge is 2.24. The molecule has 0 aromatic carbocycles. The molecule has 0 aliphatic carbocycles. The highest BCUT2D eigenvalue weighted by atomic mass is 35.5. The van der Waals surface area contributed by atoms with Crippen LogP contribution in [0.3, 0.4) is 0 Å². The molecule has 0 saturated heterocycles. The molecule has 4 unspecified atom stereocenters. The SMILES string of the molecule is CC1=CCC(C(C)/C=C(C)/C=C\C=C/C(=O)NC(C(=O)N/C=C\CC(C/C=C(\C)Cl)OC(N)=O)C(C)C)OC1=O. The molecule has 4 atom stereocenters. The van der Waals surface area contributed by atoms with E-state index >= 15 is 0 Å². The van der Waals surface area contributed by atoms with E-state index in [4.69, 9.17) is 26.8 Å². The van der Waals surface area contributed by atoms with Crippen LogP contribution in [0.4, 0.5) is 4.79 Å². The fraction of sp³-hybridized carbons (Fsp3) is 0.467. The number of carbonyl (C=O) groups excluding carboxylic acids is 4. The molecule has 4 N–H and O–H groups in total. The molecule has 0 aromatic heterocycles. The van der Waals surface area contributed by atoms with Crippen LogP contribution in [0.5, 0.6) is 0 Å². The Balaban J connectivity index is 2.62. The van der Waals surface area contributed by atoms with Crippen LogP contribution in [-0.4, -0.2) is 42.1 Å². The Morgan fingerprint density at radius 1 is 1.18 bits per heavy atom. The van der Waals surface area contributed by atoms with E-state index in [0.29, 0.717) is 29.9 Å². The Hall–Kier alpha value is -3.59. The number of amides is 3. The summed E-state index contributed by atoms with van der Waals surface area (Å²) in [7, 11) is 0. The van der Waals surface area contributed by atoms with E-state index in [1.807, 2.05) is 45.9 Å². The van der Waals surface area contributed by atoms with Crippen LogP contribution in [0, 0.1) is 11.8 Å². The maximum Gasteiger partial charge on any atom is 0.404 e. The van der Waals surface area contributed by atoms with E-state index < -0.39 is 24.1 Å². The Morgan fingerprint density at radius 2 is 1.85 bits per heavy atom. The van der Waals surface area contributed by atoms with Gasteiger partial charge in [0.2, 0.25) is 11.8 Å². The number of allylic oxidation sites excluding steroid dienone is 5. The maximum atomic E-state index is 12.7. The van der Waals surface area contributed by atoms with Gasteiger partial charge in [0, 0.05) is 41.9 Å². The van der Waals surface area contributed by atoms with Crippen molar-refractivity contribution < 1.29 is 28.7 Å². The lowest BCUT2D eigenvalue weighted by molar-refractivity contribution is -0.147. The van der Waals surface area contributed by atoms with E-state index in [9.17, 15) is 19.2 Å². The number of nitrogens with two attached hydrogens (primary N) is 1. The zero-order valence-electron chi connectivity index (χ0n) is 24.1. The first-order chi connectivity index (χ1) is 18.8. The number of hydrogen-bond donors (Lipinski definition) is 3. The van der Waals surface area contributed by atoms with Gasteiger partial charge in [0.15, 0.2) is 0 Å². The summed E-state index contributed by atoms with van der Waals surface area (Å²) in [5.74, 6) is -1.20. The van der Waals surface area contributed by atoms with Crippen molar-refractivity contribution in [1.29, 1.82) is 0 Å².